The summed E-state index contributed by atoms with van der Waals surface area (Å²) in [7, 11) is -3.99. The predicted molar refractivity (Wildman–Crippen MR) is 137 cm³/mol. The number of fused-ring (bicyclic) bond motifs is 2. The summed E-state index contributed by atoms with van der Waals surface area (Å²) in [6, 6.07) is 5.94. The molecule has 3 fully saturated rings. The fraction of sp³-hybridized carbons (Fsp3) is 0.417. The van der Waals surface area contributed by atoms with Gasteiger partial charge in [-0.15, -0.1) is 11.3 Å². The third kappa shape index (κ3) is 4.65. The van der Waals surface area contributed by atoms with Crippen LogP contribution in [0.2, 0.25) is 0 Å². The molecule has 2 amide bonds. The maximum atomic E-state index is 13.6. The SMILES string of the molecule is O=C(NC(CC1CC1)C(=O)N1CCC2C1C(=O)CN2S(=O)(=O)c1ccccn1)Oc1cc2sccc2s1. The van der Waals surface area contributed by atoms with Gasteiger partial charge >= 0.3 is 6.09 Å². The Morgan fingerprint density at radius 1 is 1.19 bits per heavy atom. The van der Waals surface area contributed by atoms with E-state index in [2.05, 4.69) is 10.3 Å². The Labute approximate surface area is 221 Å². The van der Waals surface area contributed by atoms with E-state index in [4.69, 9.17) is 4.74 Å². The minimum Gasteiger partial charge on any atom is -0.399 e. The number of pyridine rings is 1. The number of hydrogen-bond acceptors (Lipinski definition) is 9. The van der Waals surface area contributed by atoms with Crippen LogP contribution in [0.5, 0.6) is 5.06 Å². The predicted octanol–water partition coefficient (Wildman–Crippen LogP) is 2.86. The molecule has 194 valence electrons. The van der Waals surface area contributed by atoms with Crippen LogP contribution < -0.4 is 10.1 Å². The fourth-order valence-corrected chi connectivity index (χ4v) is 8.63. The highest BCUT2D eigenvalue weighted by Gasteiger charge is 2.54. The molecule has 3 aliphatic rings. The van der Waals surface area contributed by atoms with Crippen LogP contribution in [0, 0.1) is 5.92 Å². The minimum absolute atomic E-state index is 0.127. The molecule has 1 N–H and O–H groups in total. The summed E-state index contributed by atoms with van der Waals surface area (Å²) in [6.07, 6.45) is 3.40. The van der Waals surface area contributed by atoms with Gasteiger partial charge in [0.15, 0.2) is 15.9 Å². The third-order valence-electron chi connectivity index (χ3n) is 7.04. The first-order valence-corrected chi connectivity index (χ1v) is 15.2. The molecule has 3 aromatic rings. The van der Waals surface area contributed by atoms with Crippen LogP contribution in [0.4, 0.5) is 4.79 Å². The number of amides is 2. The van der Waals surface area contributed by atoms with Crippen molar-refractivity contribution in [2.24, 2.45) is 5.92 Å². The van der Waals surface area contributed by atoms with Gasteiger partial charge in [0.05, 0.1) is 12.6 Å². The smallest absolute Gasteiger partial charge is 0.399 e. The molecular formula is C24H24N4O6S3. The van der Waals surface area contributed by atoms with Crippen molar-refractivity contribution in [3.05, 3.63) is 41.9 Å². The molecular weight excluding hydrogens is 536 g/mol. The van der Waals surface area contributed by atoms with Crippen LogP contribution in [-0.4, -0.2) is 71.6 Å². The zero-order valence-corrected chi connectivity index (χ0v) is 22.1. The molecule has 2 saturated heterocycles. The van der Waals surface area contributed by atoms with Crippen molar-refractivity contribution in [2.45, 2.75) is 48.8 Å². The molecule has 0 radical (unpaired) electrons. The number of carbonyl (C=O) groups is 3. The summed E-state index contributed by atoms with van der Waals surface area (Å²) in [5, 5.41) is 5.00. The average molecular weight is 561 g/mol. The molecule has 13 heteroatoms. The van der Waals surface area contributed by atoms with Gasteiger partial charge in [0, 0.05) is 28.2 Å². The molecule has 1 aliphatic carbocycles. The number of sulfonamides is 1. The van der Waals surface area contributed by atoms with Crippen LogP contribution in [0.3, 0.4) is 0 Å². The third-order valence-corrected chi connectivity index (χ3v) is 10.8. The second-order valence-corrected chi connectivity index (χ2v) is 13.3. The molecule has 3 aromatic heterocycles. The maximum absolute atomic E-state index is 13.6. The Morgan fingerprint density at radius 2 is 2.03 bits per heavy atom. The molecule has 5 heterocycles. The Bertz CT molecular complexity index is 1440. The summed E-state index contributed by atoms with van der Waals surface area (Å²) >= 11 is 2.90. The lowest BCUT2D eigenvalue weighted by molar-refractivity contribution is -0.138. The number of Topliss-reactive ketones (excluding diaryl/α,β-unsaturated/α-hetero) is 1. The Hall–Kier alpha value is -2.87. The van der Waals surface area contributed by atoms with Crippen molar-refractivity contribution >= 4 is 59.9 Å². The van der Waals surface area contributed by atoms with Crippen LogP contribution in [0.15, 0.2) is 46.9 Å². The van der Waals surface area contributed by atoms with Gasteiger partial charge in [-0.1, -0.05) is 30.2 Å². The van der Waals surface area contributed by atoms with E-state index < -0.39 is 34.2 Å². The van der Waals surface area contributed by atoms with Crippen molar-refractivity contribution in [3.8, 4) is 5.06 Å². The van der Waals surface area contributed by atoms with Crippen LogP contribution >= 0.6 is 22.7 Å². The Balaban J connectivity index is 1.18. The van der Waals surface area contributed by atoms with Gasteiger partial charge in [-0.05, 0) is 42.3 Å². The van der Waals surface area contributed by atoms with Crippen molar-refractivity contribution in [1.29, 1.82) is 0 Å². The van der Waals surface area contributed by atoms with Gasteiger partial charge < -0.3 is 15.0 Å². The first-order chi connectivity index (χ1) is 17.8. The monoisotopic (exact) mass is 560 g/mol. The molecule has 2 aliphatic heterocycles. The van der Waals surface area contributed by atoms with Crippen molar-refractivity contribution in [1.82, 2.24) is 19.5 Å². The number of hydrogen-bond donors (Lipinski definition) is 1. The first-order valence-electron chi connectivity index (χ1n) is 12.0. The normalized spacial score (nSPS) is 22.8. The summed E-state index contributed by atoms with van der Waals surface area (Å²) in [6.45, 7) is -0.0798. The van der Waals surface area contributed by atoms with Crippen molar-refractivity contribution in [3.63, 3.8) is 0 Å². The number of thiophene rings is 2. The number of likely N-dealkylation sites (tertiary alicyclic amines) is 1. The van der Waals surface area contributed by atoms with Crippen LogP contribution in [-0.2, 0) is 19.6 Å². The summed E-state index contributed by atoms with van der Waals surface area (Å²) in [5.74, 6) is -0.393. The average Bonchev–Trinajstić information content (AvgIpc) is 3.18. The maximum Gasteiger partial charge on any atom is 0.414 e. The second kappa shape index (κ2) is 9.46. The molecule has 1 saturated carbocycles. The number of carbonyl (C=O) groups excluding carboxylic acids is 3. The molecule has 0 aromatic carbocycles. The molecule has 6 rings (SSSR count). The number of nitrogens with zero attached hydrogens (tertiary/aromatic N) is 3. The highest BCUT2D eigenvalue weighted by molar-refractivity contribution is 7.89. The second-order valence-electron chi connectivity index (χ2n) is 9.50. The lowest BCUT2D eigenvalue weighted by atomic mass is 10.1. The fourth-order valence-electron chi connectivity index (χ4n) is 5.13. The van der Waals surface area contributed by atoms with E-state index in [-0.39, 0.29) is 29.8 Å². The van der Waals surface area contributed by atoms with Gasteiger partial charge in [0.25, 0.3) is 10.0 Å². The van der Waals surface area contributed by atoms with Crippen molar-refractivity contribution in [2.75, 3.05) is 13.1 Å². The minimum atomic E-state index is -3.99. The molecule has 0 bridgehead atoms. The topological polar surface area (TPSA) is 126 Å². The van der Waals surface area contributed by atoms with E-state index in [1.807, 2.05) is 11.4 Å². The standard InChI is InChI=1S/C24H24N4O6S3/c29-17-13-28(37(32,33)20-3-1-2-8-25-20)16-6-9-27(22(16)17)23(30)15(11-14-4-5-14)26-24(31)34-21-12-19-18(36-21)7-10-35-19/h1-3,7-8,10,12,14-16,22H,4-6,9,11,13H2,(H,26,31). The highest BCUT2D eigenvalue weighted by atomic mass is 32.2. The summed E-state index contributed by atoms with van der Waals surface area (Å²) < 4.78 is 35.0. The van der Waals surface area contributed by atoms with Gasteiger partial charge in [0.2, 0.25) is 5.91 Å². The largest absolute Gasteiger partial charge is 0.414 e. The van der Waals surface area contributed by atoms with Gasteiger partial charge in [-0.2, -0.15) is 4.31 Å². The van der Waals surface area contributed by atoms with Gasteiger partial charge in [-0.25, -0.2) is 18.2 Å². The van der Waals surface area contributed by atoms with Crippen LogP contribution in [0.25, 0.3) is 9.40 Å². The number of ketones is 1. The van der Waals surface area contributed by atoms with Gasteiger partial charge in [-0.3, -0.25) is 9.59 Å². The number of ether oxygens (including phenoxy) is 1. The summed E-state index contributed by atoms with van der Waals surface area (Å²) in [5.41, 5.74) is 0. The van der Waals surface area contributed by atoms with Crippen molar-refractivity contribution < 1.29 is 27.5 Å². The first kappa shape index (κ1) is 24.5. The Morgan fingerprint density at radius 3 is 2.76 bits per heavy atom. The number of nitrogens with one attached hydrogen (secondary N) is 1. The van der Waals surface area contributed by atoms with Crippen LogP contribution in [0.1, 0.15) is 25.7 Å². The molecule has 37 heavy (non-hydrogen) atoms. The number of rotatable bonds is 7. The number of aromatic nitrogens is 1. The molecule has 3 unspecified atom stereocenters. The van der Waals surface area contributed by atoms with E-state index >= 15 is 0 Å². The van der Waals surface area contributed by atoms with E-state index in [1.165, 1.54) is 28.5 Å². The van der Waals surface area contributed by atoms with E-state index in [9.17, 15) is 22.8 Å². The zero-order valence-electron chi connectivity index (χ0n) is 19.6. The van der Waals surface area contributed by atoms with Gasteiger partial charge in [0.1, 0.15) is 12.1 Å². The molecule has 0 spiro atoms. The summed E-state index contributed by atoms with van der Waals surface area (Å²) in [4.78, 5) is 44.8. The lowest BCUT2D eigenvalue weighted by Gasteiger charge is -2.28. The molecule has 3 atom stereocenters. The lowest BCUT2D eigenvalue weighted by Crippen LogP contribution is -2.53. The highest BCUT2D eigenvalue weighted by Crippen LogP contribution is 2.38. The van der Waals surface area contributed by atoms with E-state index in [1.54, 1.807) is 29.5 Å². The quantitative estimate of drug-likeness (QED) is 0.471. The van der Waals surface area contributed by atoms with E-state index in [0.717, 1.165) is 26.5 Å². The zero-order chi connectivity index (χ0) is 25.7. The van der Waals surface area contributed by atoms with E-state index in [0.29, 0.717) is 23.8 Å². The Kier molecular flexibility index (Phi) is 6.25. The molecule has 10 nitrogen and oxygen atoms in total.